The molecular weight excluding hydrogens is 382 g/mol. The Bertz CT molecular complexity index is 695. The normalized spacial score (nSPS) is 19.6. The number of rotatable bonds is 8. The third-order valence-electron chi connectivity index (χ3n) is 5.26. The standard InChI is InChI=1S/C24H37NO5/c1-7-28-21(26)24(5,6)14-13-19-15-20(29-17-18-11-9-8-10-12-18)16-25(19)22(27)30-23(2,3)4/h8-12,19-20H,7,13-17H2,1-6H3/t19-,20-/m1/s1. The molecule has 6 nitrogen and oxygen atoms in total. The van der Waals surface area contributed by atoms with Crippen LogP contribution in [0.1, 0.15) is 66.4 Å². The predicted octanol–water partition coefficient (Wildman–Crippen LogP) is 4.95. The van der Waals surface area contributed by atoms with Gasteiger partial charge in [0.2, 0.25) is 0 Å². The number of likely N-dealkylation sites (tertiary alicyclic amines) is 1. The number of carbonyl (C=O) groups is 2. The number of amides is 1. The zero-order valence-corrected chi connectivity index (χ0v) is 19.3. The van der Waals surface area contributed by atoms with E-state index in [1.807, 2.05) is 71.9 Å². The molecule has 168 valence electrons. The molecule has 30 heavy (non-hydrogen) atoms. The summed E-state index contributed by atoms with van der Waals surface area (Å²) in [7, 11) is 0. The van der Waals surface area contributed by atoms with Crippen molar-refractivity contribution in [3.63, 3.8) is 0 Å². The first-order chi connectivity index (χ1) is 14.0. The molecule has 1 aromatic carbocycles. The number of esters is 1. The molecule has 2 rings (SSSR count). The molecule has 1 aromatic rings. The topological polar surface area (TPSA) is 65.1 Å². The van der Waals surface area contributed by atoms with Crippen LogP contribution in [0.4, 0.5) is 4.79 Å². The number of hydrogen-bond acceptors (Lipinski definition) is 5. The summed E-state index contributed by atoms with van der Waals surface area (Å²) in [4.78, 5) is 26.8. The first-order valence-electron chi connectivity index (χ1n) is 10.8. The first-order valence-corrected chi connectivity index (χ1v) is 10.8. The number of benzene rings is 1. The van der Waals surface area contributed by atoms with E-state index in [9.17, 15) is 9.59 Å². The lowest BCUT2D eigenvalue weighted by Gasteiger charge is -2.30. The number of hydrogen-bond donors (Lipinski definition) is 0. The molecule has 1 aliphatic heterocycles. The van der Waals surface area contributed by atoms with Crippen LogP contribution >= 0.6 is 0 Å². The van der Waals surface area contributed by atoms with E-state index in [1.54, 1.807) is 4.90 Å². The highest BCUT2D eigenvalue weighted by atomic mass is 16.6. The molecule has 0 bridgehead atoms. The predicted molar refractivity (Wildman–Crippen MR) is 116 cm³/mol. The van der Waals surface area contributed by atoms with Gasteiger partial charge in [-0.1, -0.05) is 30.3 Å². The molecule has 0 spiro atoms. The van der Waals surface area contributed by atoms with Gasteiger partial charge in [0.25, 0.3) is 0 Å². The molecule has 0 unspecified atom stereocenters. The molecule has 1 aliphatic rings. The molecule has 0 saturated carbocycles. The average molecular weight is 420 g/mol. The molecule has 0 aromatic heterocycles. The fraction of sp³-hybridized carbons (Fsp3) is 0.667. The van der Waals surface area contributed by atoms with E-state index < -0.39 is 11.0 Å². The smallest absolute Gasteiger partial charge is 0.410 e. The lowest BCUT2D eigenvalue weighted by molar-refractivity contribution is -0.153. The van der Waals surface area contributed by atoms with Gasteiger partial charge in [-0.15, -0.1) is 0 Å². The highest BCUT2D eigenvalue weighted by Crippen LogP contribution is 2.32. The molecule has 0 radical (unpaired) electrons. The van der Waals surface area contributed by atoms with Crippen molar-refractivity contribution in [2.24, 2.45) is 5.41 Å². The fourth-order valence-electron chi connectivity index (χ4n) is 3.56. The summed E-state index contributed by atoms with van der Waals surface area (Å²) < 4.78 is 16.9. The number of ether oxygens (including phenoxy) is 3. The third-order valence-corrected chi connectivity index (χ3v) is 5.26. The van der Waals surface area contributed by atoms with Gasteiger partial charge in [0.05, 0.1) is 31.3 Å². The molecule has 1 heterocycles. The monoisotopic (exact) mass is 419 g/mol. The van der Waals surface area contributed by atoms with Gasteiger partial charge in [-0.05, 0) is 66.4 Å². The van der Waals surface area contributed by atoms with Gasteiger partial charge in [0, 0.05) is 6.04 Å². The molecule has 2 atom stereocenters. The Morgan fingerprint density at radius 2 is 1.77 bits per heavy atom. The van der Waals surface area contributed by atoms with E-state index in [4.69, 9.17) is 14.2 Å². The second kappa shape index (κ2) is 10.3. The maximum absolute atomic E-state index is 12.8. The molecule has 1 saturated heterocycles. The van der Waals surface area contributed by atoms with Crippen molar-refractivity contribution in [2.75, 3.05) is 13.2 Å². The van der Waals surface area contributed by atoms with Crippen molar-refractivity contribution >= 4 is 12.1 Å². The van der Waals surface area contributed by atoms with Gasteiger partial charge >= 0.3 is 12.1 Å². The Kier molecular flexibility index (Phi) is 8.30. The highest BCUT2D eigenvalue weighted by Gasteiger charge is 2.40. The molecular formula is C24H37NO5. The van der Waals surface area contributed by atoms with Crippen molar-refractivity contribution in [1.82, 2.24) is 4.90 Å². The minimum atomic E-state index is -0.599. The van der Waals surface area contributed by atoms with E-state index in [2.05, 4.69) is 0 Å². The van der Waals surface area contributed by atoms with Crippen molar-refractivity contribution < 1.29 is 23.8 Å². The van der Waals surface area contributed by atoms with E-state index in [1.165, 1.54) is 0 Å². The largest absolute Gasteiger partial charge is 0.466 e. The summed E-state index contributed by atoms with van der Waals surface area (Å²) in [5.41, 5.74) is -0.0545. The van der Waals surface area contributed by atoms with Crippen LogP contribution in [0.15, 0.2) is 30.3 Å². The highest BCUT2D eigenvalue weighted by molar-refractivity contribution is 5.75. The molecule has 0 aliphatic carbocycles. The van der Waals surface area contributed by atoms with Crippen LogP contribution < -0.4 is 0 Å². The molecule has 1 amide bonds. The zero-order valence-electron chi connectivity index (χ0n) is 19.3. The summed E-state index contributed by atoms with van der Waals surface area (Å²) in [6.45, 7) is 12.5. The Hall–Kier alpha value is -2.08. The van der Waals surface area contributed by atoms with Gasteiger partial charge in [-0.3, -0.25) is 4.79 Å². The minimum Gasteiger partial charge on any atom is -0.466 e. The zero-order chi connectivity index (χ0) is 22.4. The van der Waals surface area contributed by atoms with Crippen molar-refractivity contribution in [3.8, 4) is 0 Å². The van der Waals surface area contributed by atoms with Crippen LogP contribution in [0.2, 0.25) is 0 Å². The lowest BCUT2D eigenvalue weighted by Crippen LogP contribution is -2.41. The summed E-state index contributed by atoms with van der Waals surface area (Å²) in [5.74, 6) is -0.205. The maximum Gasteiger partial charge on any atom is 0.410 e. The Labute approximate surface area is 180 Å². The first kappa shape index (κ1) is 24.2. The number of nitrogens with zero attached hydrogens (tertiary/aromatic N) is 1. The SMILES string of the molecule is CCOC(=O)C(C)(C)CC[C@@H]1C[C@@H](OCc2ccccc2)CN1C(=O)OC(C)(C)C. The second-order valence-corrected chi connectivity index (χ2v) is 9.58. The summed E-state index contributed by atoms with van der Waals surface area (Å²) in [6, 6.07) is 9.97. The van der Waals surface area contributed by atoms with Gasteiger partial charge < -0.3 is 19.1 Å². The Balaban J connectivity index is 2.03. The fourth-order valence-corrected chi connectivity index (χ4v) is 3.56. The van der Waals surface area contributed by atoms with E-state index in [0.29, 0.717) is 32.6 Å². The molecule has 0 N–H and O–H groups in total. The van der Waals surface area contributed by atoms with Crippen LogP contribution in [0.25, 0.3) is 0 Å². The second-order valence-electron chi connectivity index (χ2n) is 9.58. The summed E-state index contributed by atoms with van der Waals surface area (Å²) in [5, 5.41) is 0. The van der Waals surface area contributed by atoms with Gasteiger partial charge in [-0.25, -0.2) is 4.79 Å². The quantitative estimate of drug-likeness (QED) is 0.558. The van der Waals surface area contributed by atoms with E-state index in [-0.39, 0.29) is 24.2 Å². The minimum absolute atomic E-state index is 0.0330. The van der Waals surface area contributed by atoms with Crippen molar-refractivity contribution in [2.45, 2.75) is 85.2 Å². The molecule has 1 fully saturated rings. The van der Waals surface area contributed by atoms with Crippen molar-refractivity contribution in [3.05, 3.63) is 35.9 Å². The maximum atomic E-state index is 12.8. The van der Waals surface area contributed by atoms with Gasteiger partial charge in [-0.2, -0.15) is 0 Å². The van der Waals surface area contributed by atoms with E-state index in [0.717, 1.165) is 12.0 Å². The van der Waals surface area contributed by atoms with Crippen LogP contribution in [-0.2, 0) is 25.6 Å². The van der Waals surface area contributed by atoms with E-state index >= 15 is 0 Å². The lowest BCUT2D eigenvalue weighted by atomic mass is 9.86. The van der Waals surface area contributed by atoms with Crippen LogP contribution in [0, 0.1) is 5.41 Å². The van der Waals surface area contributed by atoms with Gasteiger partial charge in [0.15, 0.2) is 0 Å². The summed E-state index contributed by atoms with van der Waals surface area (Å²) >= 11 is 0. The van der Waals surface area contributed by atoms with Crippen molar-refractivity contribution in [1.29, 1.82) is 0 Å². The Morgan fingerprint density at radius 3 is 2.37 bits per heavy atom. The van der Waals surface area contributed by atoms with Gasteiger partial charge in [0.1, 0.15) is 5.60 Å². The number of carbonyl (C=O) groups excluding carboxylic acids is 2. The van der Waals surface area contributed by atoms with Crippen LogP contribution in [0.5, 0.6) is 0 Å². The van der Waals surface area contributed by atoms with Crippen LogP contribution in [-0.4, -0.2) is 47.9 Å². The third kappa shape index (κ3) is 7.31. The average Bonchev–Trinajstić information content (AvgIpc) is 3.08. The van der Waals surface area contributed by atoms with Crippen LogP contribution in [0.3, 0.4) is 0 Å². The molecule has 6 heteroatoms. The summed E-state index contributed by atoms with van der Waals surface area (Å²) in [6.07, 6.45) is 1.66. The Morgan fingerprint density at radius 1 is 1.10 bits per heavy atom.